The monoisotopic (exact) mass is 468 g/mol. The molecular weight excluding hydrogens is 444 g/mol. The number of ether oxygens (including phenoxy) is 4. The first-order valence-corrected chi connectivity index (χ1v) is 10.7. The standard InChI is InChI=1S/C28H24N2O5/c1-31-21-9-5-18(6-10-21)26-24(16-29)28(35-27(26)19-7-11-22(32-2)12-8-19)30-17-20-15-23(33-3)13-14-25(20)34-4/h5-15,17H,1-4H3. The first kappa shape index (κ1) is 23.5. The Morgan fingerprint density at radius 1 is 0.743 bits per heavy atom. The fourth-order valence-corrected chi connectivity index (χ4v) is 3.66. The van der Waals surface area contributed by atoms with Crippen LogP contribution in [0, 0.1) is 11.3 Å². The summed E-state index contributed by atoms with van der Waals surface area (Å²) in [5.74, 6) is 3.42. The molecule has 0 aliphatic heterocycles. The van der Waals surface area contributed by atoms with Crippen molar-refractivity contribution < 1.29 is 23.4 Å². The Kier molecular flexibility index (Phi) is 7.03. The molecule has 0 N–H and O–H groups in total. The van der Waals surface area contributed by atoms with E-state index in [2.05, 4.69) is 11.1 Å². The van der Waals surface area contributed by atoms with Crippen molar-refractivity contribution in [3.63, 3.8) is 0 Å². The first-order valence-electron chi connectivity index (χ1n) is 10.7. The average Bonchev–Trinajstić information content (AvgIpc) is 3.30. The highest BCUT2D eigenvalue weighted by Crippen LogP contribution is 2.43. The van der Waals surface area contributed by atoms with Gasteiger partial charge in [0, 0.05) is 22.9 Å². The number of methoxy groups -OCH3 is 4. The molecule has 35 heavy (non-hydrogen) atoms. The predicted molar refractivity (Wildman–Crippen MR) is 134 cm³/mol. The number of nitrogens with zero attached hydrogens (tertiary/aromatic N) is 2. The van der Waals surface area contributed by atoms with Gasteiger partial charge in [-0.3, -0.25) is 0 Å². The highest BCUT2D eigenvalue weighted by molar-refractivity contribution is 5.91. The van der Waals surface area contributed by atoms with Crippen molar-refractivity contribution in [2.45, 2.75) is 0 Å². The van der Waals surface area contributed by atoms with Crippen molar-refractivity contribution in [1.29, 1.82) is 5.26 Å². The minimum absolute atomic E-state index is 0.189. The van der Waals surface area contributed by atoms with Crippen LogP contribution in [0.2, 0.25) is 0 Å². The third kappa shape index (κ3) is 4.82. The van der Waals surface area contributed by atoms with Crippen LogP contribution in [0.25, 0.3) is 22.5 Å². The molecule has 7 heteroatoms. The summed E-state index contributed by atoms with van der Waals surface area (Å²) >= 11 is 0. The molecule has 0 bridgehead atoms. The number of aliphatic imine (C=N–C) groups is 1. The Morgan fingerprint density at radius 3 is 1.86 bits per heavy atom. The van der Waals surface area contributed by atoms with Crippen molar-refractivity contribution in [2.75, 3.05) is 28.4 Å². The summed E-state index contributed by atoms with van der Waals surface area (Å²) in [6, 6.07) is 22.5. The van der Waals surface area contributed by atoms with Crippen molar-refractivity contribution in [1.82, 2.24) is 0 Å². The van der Waals surface area contributed by atoms with E-state index in [9.17, 15) is 5.26 Å². The summed E-state index contributed by atoms with van der Waals surface area (Å²) in [5.41, 5.74) is 3.24. The summed E-state index contributed by atoms with van der Waals surface area (Å²) in [4.78, 5) is 4.53. The van der Waals surface area contributed by atoms with Gasteiger partial charge in [-0.1, -0.05) is 12.1 Å². The van der Waals surface area contributed by atoms with Crippen molar-refractivity contribution in [3.8, 4) is 51.5 Å². The molecule has 0 spiro atoms. The van der Waals surface area contributed by atoms with Gasteiger partial charge in [0.05, 0.1) is 28.4 Å². The smallest absolute Gasteiger partial charge is 0.238 e. The van der Waals surface area contributed by atoms with Crippen LogP contribution < -0.4 is 18.9 Å². The first-order chi connectivity index (χ1) is 17.1. The van der Waals surface area contributed by atoms with Crippen LogP contribution in [0.3, 0.4) is 0 Å². The molecule has 0 unspecified atom stereocenters. The lowest BCUT2D eigenvalue weighted by Crippen LogP contribution is -1.92. The predicted octanol–water partition coefficient (Wildman–Crippen LogP) is 6.27. The lowest BCUT2D eigenvalue weighted by Gasteiger charge is -2.06. The highest BCUT2D eigenvalue weighted by atomic mass is 16.5. The molecule has 1 aromatic heterocycles. The van der Waals surface area contributed by atoms with Crippen LogP contribution in [0.4, 0.5) is 5.88 Å². The van der Waals surface area contributed by atoms with E-state index < -0.39 is 0 Å². The minimum atomic E-state index is 0.189. The molecular formula is C28H24N2O5. The molecule has 0 saturated carbocycles. The minimum Gasteiger partial charge on any atom is -0.497 e. The second-order valence-corrected chi connectivity index (χ2v) is 7.42. The summed E-state index contributed by atoms with van der Waals surface area (Å²) in [7, 11) is 6.38. The fraction of sp³-hybridized carbons (Fsp3) is 0.143. The third-order valence-electron chi connectivity index (χ3n) is 5.49. The van der Waals surface area contributed by atoms with Gasteiger partial charge in [0.15, 0.2) is 0 Å². The molecule has 4 rings (SSSR count). The Labute approximate surface area is 203 Å². The van der Waals surface area contributed by atoms with E-state index in [1.807, 2.05) is 48.5 Å². The molecule has 0 aliphatic carbocycles. The maximum absolute atomic E-state index is 10.1. The van der Waals surface area contributed by atoms with Gasteiger partial charge in [0.1, 0.15) is 40.4 Å². The average molecular weight is 469 g/mol. The van der Waals surface area contributed by atoms with Crippen LogP contribution in [0.15, 0.2) is 76.1 Å². The number of benzene rings is 3. The molecule has 0 saturated heterocycles. The second kappa shape index (κ2) is 10.5. The Balaban J connectivity index is 1.87. The SMILES string of the molecule is COc1ccc(-c2oc(N=Cc3cc(OC)ccc3OC)c(C#N)c2-c2ccc(OC)cc2)cc1. The van der Waals surface area contributed by atoms with Crippen molar-refractivity contribution in [3.05, 3.63) is 77.9 Å². The molecule has 0 atom stereocenters. The van der Waals surface area contributed by atoms with Crippen LogP contribution >= 0.6 is 0 Å². The molecule has 4 aromatic rings. The Hall–Kier alpha value is -4.70. The second-order valence-electron chi connectivity index (χ2n) is 7.42. The zero-order valence-electron chi connectivity index (χ0n) is 19.9. The third-order valence-corrected chi connectivity index (χ3v) is 5.49. The van der Waals surface area contributed by atoms with Gasteiger partial charge in [-0.25, -0.2) is 4.99 Å². The molecule has 0 fully saturated rings. The summed E-state index contributed by atoms with van der Waals surface area (Å²) in [6.07, 6.45) is 1.59. The lowest BCUT2D eigenvalue weighted by molar-refractivity contribution is 0.402. The number of furan rings is 1. The number of hydrogen-bond donors (Lipinski definition) is 0. The van der Waals surface area contributed by atoms with Crippen molar-refractivity contribution in [2.24, 2.45) is 4.99 Å². The van der Waals surface area contributed by atoms with E-state index >= 15 is 0 Å². The van der Waals surface area contributed by atoms with Gasteiger partial charge in [-0.15, -0.1) is 0 Å². The Morgan fingerprint density at radius 2 is 1.31 bits per heavy atom. The summed E-state index contributed by atoms with van der Waals surface area (Å²) in [6.45, 7) is 0. The summed E-state index contributed by atoms with van der Waals surface area (Å²) in [5, 5.41) is 10.1. The van der Waals surface area contributed by atoms with Gasteiger partial charge >= 0.3 is 0 Å². The normalized spacial score (nSPS) is 10.7. The van der Waals surface area contributed by atoms with E-state index in [-0.39, 0.29) is 5.88 Å². The largest absolute Gasteiger partial charge is 0.497 e. The fourth-order valence-electron chi connectivity index (χ4n) is 3.66. The maximum atomic E-state index is 10.1. The van der Waals surface area contributed by atoms with E-state index in [0.717, 1.165) is 16.9 Å². The molecule has 0 radical (unpaired) electrons. The van der Waals surface area contributed by atoms with Crippen LogP contribution in [-0.4, -0.2) is 34.7 Å². The number of nitriles is 1. The Bertz CT molecular complexity index is 1380. The van der Waals surface area contributed by atoms with Crippen LogP contribution in [0.5, 0.6) is 23.0 Å². The van der Waals surface area contributed by atoms with Crippen molar-refractivity contribution >= 4 is 12.1 Å². The van der Waals surface area contributed by atoms with Crippen LogP contribution in [-0.2, 0) is 0 Å². The van der Waals surface area contributed by atoms with E-state index in [1.54, 1.807) is 52.9 Å². The van der Waals surface area contributed by atoms with Gasteiger partial charge in [-0.2, -0.15) is 5.26 Å². The molecule has 0 aliphatic rings. The molecule has 3 aromatic carbocycles. The zero-order chi connectivity index (χ0) is 24.8. The van der Waals surface area contributed by atoms with E-state index in [0.29, 0.717) is 39.7 Å². The quantitative estimate of drug-likeness (QED) is 0.283. The number of rotatable bonds is 8. The van der Waals surface area contributed by atoms with E-state index in [1.165, 1.54) is 0 Å². The topological polar surface area (TPSA) is 86.2 Å². The van der Waals surface area contributed by atoms with Crippen LogP contribution in [0.1, 0.15) is 11.1 Å². The molecule has 0 amide bonds. The number of hydrogen-bond acceptors (Lipinski definition) is 7. The summed E-state index contributed by atoms with van der Waals surface area (Å²) < 4.78 is 27.5. The molecule has 1 heterocycles. The molecule has 7 nitrogen and oxygen atoms in total. The van der Waals surface area contributed by atoms with Gasteiger partial charge in [0.2, 0.25) is 5.88 Å². The molecule has 176 valence electrons. The maximum Gasteiger partial charge on any atom is 0.238 e. The van der Waals surface area contributed by atoms with E-state index in [4.69, 9.17) is 23.4 Å². The highest BCUT2D eigenvalue weighted by Gasteiger charge is 2.23. The van der Waals surface area contributed by atoms with Gasteiger partial charge in [0.25, 0.3) is 0 Å². The van der Waals surface area contributed by atoms with Gasteiger partial charge in [-0.05, 0) is 60.2 Å². The zero-order valence-corrected chi connectivity index (χ0v) is 19.9. The van der Waals surface area contributed by atoms with Gasteiger partial charge < -0.3 is 23.4 Å². The lowest BCUT2D eigenvalue weighted by atomic mass is 9.98.